The summed E-state index contributed by atoms with van der Waals surface area (Å²) in [6.07, 6.45) is 1.36. The Kier molecular flexibility index (Phi) is 5.24. The van der Waals surface area contributed by atoms with Crippen molar-refractivity contribution in [2.45, 2.75) is 18.5 Å². The van der Waals surface area contributed by atoms with E-state index in [-0.39, 0.29) is 0 Å². The number of nitrogens with zero attached hydrogens (tertiary/aromatic N) is 3. The topological polar surface area (TPSA) is 9.72 Å². The van der Waals surface area contributed by atoms with Crippen LogP contribution in [-0.4, -0.2) is 68.3 Å². The predicted molar refractivity (Wildman–Crippen MR) is 98.4 cm³/mol. The molecule has 2 saturated heterocycles. The number of alkyl halides is 1. The molecule has 2 fully saturated rings. The number of hydrogen-bond acceptors (Lipinski definition) is 3. The lowest BCUT2D eigenvalue weighted by atomic mass is 9.92. The molecule has 3 nitrogen and oxygen atoms in total. The summed E-state index contributed by atoms with van der Waals surface area (Å²) in [5.74, 6) is 0. The van der Waals surface area contributed by atoms with E-state index in [0.29, 0.717) is 19.4 Å². The standard InChI is InChI=1S/C17H25FIN3/c1-20-8-6-17(18,7-9-20)14-21-10-12-22(13-11-21)16-4-2-15(19)3-5-16/h2-5H,6-14H2,1H3. The fraction of sp³-hybridized carbons (Fsp3) is 0.647. The summed E-state index contributed by atoms with van der Waals surface area (Å²) in [6, 6.07) is 8.67. The molecule has 0 N–H and O–H groups in total. The van der Waals surface area contributed by atoms with Crippen molar-refractivity contribution >= 4 is 28.3 Å². The highest BCUT2D eigenvalue weighted by Crippen LogP contribution is 2.28. The van der Waals surface area contributed by atoms with Gasteiger partial charge in [0.1, 0.15) is 5.67 Å². The van der Waals surface area contributed by atoms with Crippen LogP contribution >= 0.6 is 22.6 Å². The summed E-state index contributed by atoms with van der Waals surface area (Å²) in [4.78, 5) is 6.95. The van der Waals surface area contributed by atoms with Crippen LogP contribution in [0.4, 0.5) is 10.1 Å². The van der Waals surface area contributed by atoms with Gasteiger partial charge < -0.3 is 9.80 Å². The molecule has 0 spiro atoms. The van der Waals surface area contributed by atoms with Crippen molar-refractivity contribution in [1.29, 1.82) is 0 Å². The van der Waals surface area contributed by atoms with Crippen molar-refractivity contribution in [3.05, 3.63) is 27.8 Å². The Hall–Kier alpha value is -0.400. The highest BCUT2D eigenvalue weighted by atomic mass is 127. The van der Waals surface area contributed by atoms with Crippen LogP contribution in [0.25, 0.3) is 0 Å². The number of piperidine rings is 1. The lowest BCUT2D eigenvalue weighted by Crippen LogP contribution is -2.53. The molecule has 22 heavy (non-hydrogen) atoms. The maximum atomic E-state index is 14.9. The summed E-state index contributed by atoms with van der Waals surface area (Å²) in [6.45, 7) is 6.31. The van der Waals surface area contributed by atoms with Crippen LogP contribution in [0.2, 0.25) is 0 Å². The molecule has 5 heteroatoms. The zero-order chi connectivity index (χ0) is 15.6. The molecule has 2 heterocycles. The van der Waals surface area contributed by atoms with Crippen LogP contribution in [0.1, 0.15) is 12.8 Å². The Morgan fingerprint density at radius 2 is 1.59 bits per heavy atom. The van der Waals surface area contributed by atoms with Gasteiger partial charge in [-0.25, -0.2) is 4.39 Å². The van der Waals surface area contributed by atoms with Gasteiger partial charge in [-0.15, -0.1) is 0 Å². The zero-order valence-corrected chi connectivity index (χ0v) is 15.4. The smallest absolute Gasteiger partial charge is 0.126 e. The summed E-state index contributed by atoms with van der Waals surface area (Å²) < 4.78 is 16.2. The average molecular weight is 417 g/mol. The Morgan fingerprint density at radius 1 is 1.00 bits per heavy atom. The predicted octanol–water partition coefficient (Wildman–Crippen LogP) is 2.85. The molecular formula is C17H25FIN3. The third-order valence-corrected chi connectivity index (χ3v) is 5.67. The van der Waals surface area contributed by atoms with Gasteiger partial charge in [-0.05, 0) is 66.7 Å². The molecule has 0 saturated carbocycles. The second-order valence-electron chi connectivity index (χ2n) is 6.69. The molecule has 0 unspecified atom stereocenters. The highest BCUT2D eigenvalue weighted by Gasteiger charge is 2.36. The minimum absolute atomic E-state index is 0.612. The van der Waals surface area contributed by atoms with Gasteiger partial charge in [0, 0.05) is 55.1 Å². The quantitative estimate of drug-likeness (QED) is 0.701. The second kappa shape index (κ2) is 7.01. The first-order valence-corrected chi connectivity index (χ1v) is 9.22. The molecule has 122 valence electrons. The number of likely N-dealkylation sites (tertiary alicyclic amines) is 1. The summed E-state index contributed by atoms with van der Waals surface area (Å²) in [7, 11) is 2.08. The van der Waals surface area contributed by atoms with Gasteiger partial charge in [0.15, 0.2) is 0 Å². The lowest BCUT2D eigenvalue weighted by Gasteiger charge is -2.41. The second-order valence-corrected chi connectivity index (χ2v) is 7.94. The van der Waals surface area contributed by atoms with Crippen molar-refractivity contribution in [3.63, 3.8) is 0 Å². The Morgan fingerprint density at radius 3 is 2.18 bits per heavy atom. The number of anilines is 1. The molecule has 2 aliphatic rings. The Balaban J connectivity index is 1.50. The Bertz CT molecular complexity index is 477. The van der Waals surface area contributed by atoms with Crippen molar-refractivity contribution in [2.75, 3.05) is 57.8 Å². The normalized spacial score (nSPS) is 23.7. The van der Waals surface area contributed by atoms with Crippen LogP contribution < -0.4 is 4.90 Å². The maximum Gasteiger partial charge on any atom is 0.126 e. The number of benzene rings is 1. The maximum absolute atomic E-state index is 14.9. The first-order valence-electron chi connectivity index (χ1n) is 8.14. The minimum atomic E-state index is -0.975. The first-order chi connectivity index (χ1) is 10.5. The Labute approximate surface area is 146 Å². The van der Waals surface area contributed by atoms with E-state index in [1.807, 2.05) is 0 Å². The number of rotatable bonds is 3. The molecule has 0 aliphatic carbocycles. The number of piperazine rings is 1. The van der Waals surface area contributed by atoms with E-state index >= 15 is 0 Å². The minimum Gasteiger partial charge on any atom is -0.369 e. The molecule has 0 amide bonds. The monoisotopic (exact) mass is 417 g/mol. The summed E-state index contributed by atoms with van der Waals surface area (Å²) in [5, 5.41) is 0. The molecule has 1 aromatic carbocycles. The van der Waals surface area contributed by atoms with E-state index in [0.717, 1.165) is 39.3 Å². The van der Waals surface area contributed by atoms with Gasteiger partial charge in [0.2, 0.25) is 0 Å². The fourth-order valence-corrected chi connectivity index (χ4v) is 3.75. The lowest BCUT2D eigenvalue weighted by molar-refractivity contribution is 0.0300. The van der Waals surface area contributed by atoms with Gasteiger partial charge in [-0.1, -0.05) is 0 Å². The van der Waals surface area contributed by atoms with Gasteiger partial charge in [-0.2, -0.15) is 0 Å². The first kappa shape index (κ1) is 16.5. The number of hydrogen-bond donors (Lipinski definition) is 0. The fourth-order valence-electron chi connectivity index (χ4n) is 3.39. The van der Waals surface area contributed by atoms with Crippen LogP contribution in [0.3, 0.4) is 0 Å². The van der Waals surface area contributed by atoms with Crippen LogP contribution in [0.15, 0.2) is 24.3 Å². The molecular weight excluding hydrogens is 392 g/mol. The average Bonchev–Trinajstić information content (AvgIpc) is 2.52. The molecule has 1 aromatic rings. The highest BCUT2D eigenvalue weighted by molar-refractivity contribution is 14.1. The van der Waals surface area contributed by atoms with E-state index in [1.54, 1.807) is 0 Å². The summed E-state index contributed by atoms with van der Waals surface area (Å²) in [5.41, 5.74) is 0.312. The van der Waals surface area contributed by atoms with Crippen molar-refractivity contribution < 1.29 is 4.39 Å². The molecule has 0 atom stereocenters. The molecule has 2 aliphatic heterocycles. The van der Waals surface area contributed by atoms with E-state index in [1.165, 1.54) is 9.26 Å². The van der Waals surface area contributed by atoms with E-state index < -0.39 is 5.67 Å². The van der Waals surface area contributed by atoms with Gasteiger partial charge in [0.05, 0.1) is 0 Å². The third kappa shape index (κ3) is 4.11. The van der Waals surface area contributed by atoms with E-state index in [9.17, 15) is 4.39 Å². The number of halogens is 2. The van der Waals surface area contributed by atoms with E-state index in [2.05, 4.69) is 68.6 Å². The van der Waals surface area contributed by atoms with Crippen molar-refractivity contribution in [2.24, 2.45) is 0 Å². The van der Waals surface area contributed by atoms with Crippen molar-refractivity contribution in [3.8, 4) is 0 Å². The van der Waals surface area contributed by atoms with Crippen LogP contribution in [0.5, 0.6) is 0 Å². The van der Waals surface area contributed by atoms with Crippen LogP contribution in [0, 0.1) is 3.57 Å². The van der Waals surface area contributed by atoms with Gasteiger partial charge >= 0.3 is 0 Å². The SMILES string of the molecule is CN1CCC(F)(CN2CCN(c3ccc(I)cc3)CC2)CC1. The zero-order valence-electron chi connectivity index (χ0n) is 13.3. The molecule has 3 rings (SSSR count). The summed E-state index contributed by atoms with van der Waals surface area (Å²) >= 11 is 2.33. The van der Waals surface area contributed by atoms with Gasteiger partial charge in [0.25, 0.3) is 0 Å². The molecule has 0 bridgehead atoms. The molecule has 0 radical (unpaired) electrons. The van der Waals surface area contributed by atoms with Gasteiger partial charge in [-0.3, -0.25) is 4.90 Å². The molecule has 0 aromatic heterocycles. The van der Waals surface area contributed by atoms with E-state index in [4.69, 9.17) is 0 Å². The third-order valence-electron chi connectivity index (χ3n) is 4.95. The van der Waals surface area contributed by atoms with Crippen LogP contribution in [-0.2, 0) is 0 Å². The van der Waals surface area contributed by atoms with Crippen molar-refractivity contribution in [1.82, 2.24) is 9.80 Å². The largest absolute Gasteiger partial charge is 0.369 e.